The van der Waals surface area contributed by atoms with Gasteiger partial charge in [-0.2, -0.15) is 13.2 Å². The van der Waals surface area contributed by atoms with Gasteiger partial charge in [0.15, 0.2) is 0 Å². The fourth-order valence-electron chi connectivity index (χ4n) is 1.98. The number of alkyl halides is 3. The zero-order valence-electron chi connectivity index (χ0n) is 10.5. The van der Waals surface area contributed by atoms with Crippen LogP contribution in [0.2, 0.25) is 5.02 Å². The summed E-state index contributed by atoms with van der Waals surface area (Å²) in [6.45, 7) is 3.23. The van der Waals surface area contributed by atoms with E-state index in [4.69, 9.17) is 21.4 Å². The van der Waals surface area contributed by atoms with Gasteiger partial charge in [-0.1, -0.05) is 11.6 Å². The van der Waals surface area contributed by atoms with E-state index in [0.717, 1.165) is 6.08 Å². The molecule has 21 heavy (non-hydrogen) atoms. The van der Waals surface area contributed by atoms with Crippen molar-refractivity contribution < 1.29 is 27.8 Å². The topological polar surface area (TPSA) is 46.5 Å². The average molecular weight is 331 g/mol. The van der Waals surface area contributed by atoms with Crippen LogP contribution < -0.4 is 4.74 Å². The molecular weight excluding hydrogens is 320 g/mol. The van der Waals surface area contributed by atoms with E-state index in [2.05, 4.69) is 0 Å². The maximum atomic E-state index is 12.9. The number of carboxylic acids is 1. The normalized spacial score (nSPS) is 17.2. The second kappa shape index (κ2) is 6.20. The Hall–Kier alpha value is -0.690. The molecule has 110 valence electrons. The van der Waals surface area contributed by atoms with E-state index in [1.807, 2.05) is 0 Å². The third kappa shape index (κ3) is 3.39. The molecule has 8 heteroatoms. The molecule has 1 aromatic carbocycles. The zero-order valence-corrected chi connectivity index (χ0v) is 11.3. The van der Waals surface area contributed by atoms with Crippen molar-refractivity contribution in [3.8, 4) is 5.75 Å². The number of halogens is 4. The summed E-state index contributed by atoms with van der Waals surface area (Å²) in [5.41, 5.74) is 0.432. The van der Waals surface area contributed by atoms with Gasteiger partial charge in [-0.05, 0) is 37.1 Å². The Labute approximate surface area is 146 Å². The number of ether oxygens (including phenoxy) is 1. The summed E-state index contributed by atoms with van der Waals surface area (Å²) in [4.78, 5) is 11.0. The van der Waals surface area contributed by atoms with E-state index >= 15 is 0 Å². The third-order valence-electron chi connectivity index (χ3n) is 3.18. The van der Waals surface area contributed by atoms with Crippen molar-refractivity contribution >= 4 is 53.2 Å². The molecule has 2 rings (SSSR count). The van der Waals surface area contributed by atoms with E-state index in [-0.39, 0.29) is 40.9 Å². The van der Waals surface area contributed by atoms with Crippen molar-refractivity contribution in [1.82, 2.24) is 0 Å². The van der Waals surface area contributed by atoms with E-state index < -0.39 is 23.8 Å². The van der Waals surface area contributed by atoms with Crippen LogP contribution in [0.3, 0.4) is 0 Å². The number of carboxylic acid groups (broad SMARTS) is 1. The van der Waals surface area contributed by atoms with Crippen LogP contribution in [-0.2, 0) is 4.79 Å². The summed E-state index contributed by atoms with van der Waals surface area (Å²) in [6.07, 6.45) is -6.33. The Morgan fingerprint density at radius 2 is 1.90 bits per heavy atom. The number of hydrogen-bond donors (Lipinski definition) is 1. The summed E-state index contributed by atoms with van der Waals surface area (Å²) < 4.78 is 43.6. The molecule has 3 nitrogen and oxygen atoms in total. The van der Waals surface area contributed by atoms with Gasteiger partial charge >= 0.3 is 41.7 Å². The van der Waals surface area contributed by atoms with Crippen LogP contribution >= 0.6 is 11.6 Å². The molecule has 0 radical (unpaired) electrons. The van der Waals surface area contributed by atoms with Gasteiger partial charge in [0.05, 0.1) is 5.57 Å². The Bertz CT molecular complexity index is 626. The van der Waals surface area contributed by atoms with Crippen molar-refractivity contribution in [2.75, 3.05) is 0 Å². The van der Waals surface area contributed by atoms with E-state index in [0.29, 0.717) is 16.1 Å². The number of aliphatic carboxylic acids is 1. The van der Waals surface area contributed by atoms with Crippen molar-refractivity contribution in [2.24, 2.45) is 0 Å². The van der Waals surface area contributed by atoms with Crippen LogP contribution in [0.4, 0.5) is 13.2 Å². The first-order chi connectivity index (χ1) is 9.12. The van der Waals surface area contributed by atoms with Gasteiger partial charge in [-0.15, -0.1) is 0 Å². The van der Waals surface area contributed by atoms with E-state index in [1.54, 1.807) is 13.8 Å². The molecule has 0 saturated carbocycles. The van der Waals surface area contributed by atoms with Crippen LogP contribution in [0.15, 0.2) is 11.6 Å². The van der Waals surface area contributed by atoms with Gasteiger partial charge in [0.25, 0.3) is 0 Å². The predicted molar refractivity (Wildman–Crippen MR) is 74.2 cm³/mol. The van der Waals surface area contributed by atoms with E-state index in [9.17, 15) is 18.0 Å². The van der Waals surface area contributed by atoms with Crippen LogP contribution in [0.1, 0.15) is 16.7 Å². The quantitative estimate of drug-likeness (QED) is 0.805. The SMILES string of the molecule is Cc1c(Cl)cc2c(c1C)OC(C(F)(F)F)C(C(=O)O)=C2.[NaH]. The van der Waals surface area contributed by atoms with Crippen LogP contribution in [0.25, 0.3) is 6.08 Å². The Balaban J connectivity index is 0.00000220. The number of hydrogen-bond acceptors (Lipinski definition) is 2. The number of benzene rings is 1. The second-order valence-corrected chi connectivity index (χ2v) is 4.88. The maximum absolute atomic E-state index is 12.9. The van der Waals surface area contributed by atoms with Crippen molar-refractivity contribution in [1.29, 1.82) is 0 Å². The molecule has 0 spiro atoms. The van der Waals surface area contributed by atoms with Gasteiger partial charge < -0.3 is 9.84 Å². The standard InChI is InChI=1S/C13H10ClF3O3.Na.H/c1-5-6(2)10-7(4-9(5)14)3-8(12(18)19)11(20-10)13(15,16)17;;/h3-4,11H,1-2H3,(H,18,19);;. The fraction of sp³-hybridized carbons (Fsp3) is 0.308. The molecule has 1 aliphatic rings. The molecule has 0 amide bonds. The summed E-state index contributed by atoms with van der Waals surface area (Å²) in [7, 11) is 0. The molecule has 0 aromatic heterocycles. The molecular formula is C13H11ClF3NaO3. The monoisotopic (exact) mass is 330 g/mol. The first kappa shape index (κ1) is 18.4. The van der Waals surface area contributed by atoms with E-state index in [1.165, 1.54) is 6.07 Å². The van der Waals surface area contributed by atoms with Gasteiger partial charge in [0, 0.05) is 10.6 Å². The summed E-state index contributed by atoms with van der Waals surface area (Å²) in [5.74, 6) is -1.66. The first-order valence-corrected chi connectivity index (χ1v) is 5.98. The molecule has 0 fully saturated rings. The first-order valence-electron chi connectivity index (χ1n) is 5.61. The molecule has 1 aliphatic heterocycles. The molecule has 1 aromatic rings. The summed E-state index contributed by atoms with van der Waals surface area (Å²) in [5, 5.41) is 9.25. The minimum atomic E-state index is -4.80. The predicted octanol–water partition coefficient (Wildman–Crippen LogP) is 3.10. The summed E-state index contributed by atoms with van der Waals surface area (Å²) in [6, 6.07) is 1.40. The van der Waals surface area contributed by atoms with Crippen molar-refractivity contribution in [3.63, 3.8) is 0 Å². The second-order valence-electron chi connectivity index (χ2n) is 4.47. The third-order valence-corrected chi connectivity index (χ3v) is 3.57. The van der Waals surface area contributed by atoms with Gasteiger partial charge in [0.1, 0.15) is 5.75 Å². The van der Waals surface area contributed by atoms with Gasteiger partial charge in [-0.3, -0.25) is 0 Å². The molecule has 1 heterocycles. The molecule has 1 N–H and O–H groups in total. The van der Waals surface area contributed by atoms with Crippen LogP contribution in [0, 0.1) is 13.8 Å². The van der Waals surface area contributed by atoms with Crippen molar-refractivity contribution in [2.45, 2.75) is 26.1 Å². The Morgan fingerprint density at radius 1 is 1.33 bits per heavy atom. The molecule has 0 saturated heterocycles. The number of fused-ring (bicyclic) bond motifs is 1. The number of rotatable bonds is 1. The van der Waals surface area contributed by atoms with Gasteiger partial charge in [-0.25, -0.2) is 4.79 Å². The zero-order chi connectivity index (χ0) is 15.2. The van der Waals surface area contributed by atoms with Crippen LogP contribution in [0.5, 0.6) is 5.75 Å². The molecule has 1 atom stereocenters. The molecule has 0 bridgehead atoms. The summed E-state index contributed by atoms with van der Waals surface area (Å²) >= 11 is 5.95. The Morgan fingerprint density at radius 3 is 2.38 bits per heavy atom. The average Bonchev–Trinajstić information content (AvgIpc) is 2.33. The molecule has 0 aliphatic carbocycles. The Kier molecular flexibility index (Phi) is 5.42. The minimum absolute atomic E-state index is 0. The van der Waals surface area contributed by atoms with Gasteiger partial charge in [0.2, 0.25) is 6.10 Å². The fourth-order valence-corrected chi connectivity index (χ4v) is 2.24. The van der Waals surface area contributed by atoms with Crippen LogP contribution in [-0.4, -0.2) is 52.9 Å². The van der Waals surface area contributed by atoms with Crippen molar-refractivity contribution in [3.05, 3.63) is 33.4 Å². The molecule has 1 unspecified atom stereocenters. The number of carbonyl (C=O) groups is 1.